The molecule has 2 unspecified atom stereocenters. The number of thiol groups is 1. The van der Waals surface area contributed by atoms with E-state index >= 15 is 0 Å². The van der Waals surface area contributed by atoms with Gasteiger partial charge in [0.05, 0.1) is 0 Å². The van der Waals surface area contributed by atoms with Crippen LogP contribution in [0, 0.1) is 10.7 Å². The summed E-state index contributed by atoms with van der Waals surface area (Å²) in [5, 5.41) is 11.5. The van der Waals surface area contributed by atoms with Gasteiger partial charge in [0.15, 0.2) is 0 Å². The summed E-state index contributed by atoms with van der Waals surface area (Å²) in [6, 6.07) is 0. The van der Waals surface area contributed by atoms with Gasteiger partial charge in [0, 0.05) is 4.58 Å². The highest BCUT2D eigenvalue weighted by molar-refractivity contribution is 8.30. The summed E-state index contributed by atoms with van der Waals surface area (Å²) in [7, 11) is -0.297. The van der Waals surface area contributed by atoms with Crippen molar-refractivity contribution in [1.82, 2.24) is 0 Å². The first-order valence-electron chi connectivity index (χ1n) is 4.66. The smallest absolute Gasteiger partial charge is 0.111 e. The van der Waals surface area contributed by atoms with Gasteiger partial charge in [-0.3, -0.25) is 0 Å². The van der Waals surface area contributed by atoms with Crippen molar-refractivity contribution < 1.29 is 0 Å². The van der Waals surface area contributed by atoms with Gasteiger partial charge in [0.25, 0.3) is 0 Å². The van der Waals surface area contributed by atoms with Gasteiger partial charge >= 0.3 is 0 Å². The Balaban J connectivity index is 2.29. The molecule has 0 radical (unpaired) electrons. The first kappa shape index (κ1) is 10.3. The van der Waals surface area contributed by atoms with Crippen LogP contribution in [0.5, 0.6) is 0 Å². The highest BCUT2D eigenvalue weighted by atomic mass is 32.2. The van der Waals surface area contributed by atoms with E-state index in [2.05, 4.69) is 12.3 Å². The third kappa shape index (κ3) is 2.91. The van der Waals surface area contributed by atoms with E-state index in [1.165, 1.54) is 37.2 Å². The van der Waals surface area contributed by atoms with E-state index in [-0.39, 0.29) is 10.9 Å². The zero-order valence-electron chi connectivity index (χ0n) is 7.62. The maximum Gasteiger partial charge on any atom is 0.111 e. The van der Waals surface area contributed by atoms with E-state index in [0.717, 1.165) is 4.58 Å². The van der Waals surface area contributed by atoms with Gasteiger partial charge in [0.2, 0.25) is 0 Å². The number of nitrogens with zero attached hydrogens (tertiary/aromatic N) is 1. The molecule has 2 atom stereocenters. The third-order valence-corrected chi connectivity index (χ3v) is 6.50. The van der Waals surface area contributed by atoms with Crippen molar-refractivity contribution in [2.75, 3.05) is 11.5 Å². The molecule has 1 aliphatic heterocycles. The quantitative estimate of drug-likeness (QED) is 0.560. The molecule has 0 N–H and O–H groups in total. The van der Waals surface area contributed by atoms with Crippen LogP contribution in [0.25, 0.3) is 0 Å². The molecule has 1 fully saturated rings. The maximum atomic E-state index is 8.98. The van der Waals surface area contributed by atoms with Crippen LogP contribution in [0.3, 0.4) is 0 Å². The molecule has 0 saturated carbocycles. The standard InChI is InChI=1S/C9H17NS2/c1-2-3-7-12(8-10)9-5-4-6-11-9/h9,12H,2-7H2,1H3. The van der Waals surface area contributed by atoms with Crippen molar-refractivity contribution >= 4 is 22.7 Å². The van der Waals surface area contributed by atoms with Gasteiger partial charge < -0.3 is 0 Å². The number of hydrogen-bond donors (Lipinski definition) is 1. The average Bonchev–Trinajstić information content (AvgIpc) is 2.59. The number of rotatable bonds is 4. The van der Waals surface area contributed by atoms with Crippen LogP contribution in [0.2, 0.25) is 0 Å². The van der Waals surface area contributed by atoms with Gasteiger partial charge in [-0.15, -0.1) is 11.8 Å². The largest absolute Gasteiger partial charge is 0.187 e. The van der Waals surface area contributed by atoms with E-state index in [4.69, 9.17) is 5.26 Å². The van der Waals surface area contributed by atoms with E-state index in [9.17, 15) is 0 Å². The summed E-state index contributed by atoms with van der Waals surface area (Å²) in [6.45, 7) is 2.20. The number of hydrogen-bond acceptors (Lipinski definition) is 2. The Morgan fingerprint density at radius 1 is 1.67 bits per heavy atom. The zero-order chi connectivity index (χ0) is 8.81. The Kier molecular flexibility index (Phi) is 4.94. The van der Waals surface area contributed by atoms with Crippen LogP contribution < -0.4 is 0 Å². The van der Waals surface area contributed by atoms with Gasteiger partial charge in [-0.05, 0) is 30.8 Å². The molecule has 1 rings (SSSR count). The van der Waals surface area contributed by atoms with Crippen LogP contribution in [0.15, 0.2) is 0 Å². The Morgan fingerprint density at radius 2 is 2.50 bits per heavy atom. The molecule has 0 aliphatic carbocycles. The van der Waals surface area contributed by atoms with E-state index in [1.807, 2.05) is 11.8 Å². The fraction of sp³-hybridized carbons (Fsp3) is 0.889. The van der Waals surface area contributed by atoms with Gasteiger partial charge in [-0.25, -0.2) is 0 Å². The van der Waals surface area contributed by atoms with Crippen LogP contribution in [-0.4, -0.2) is 16.1 Å². The van der Waals surface area contributed by atoms with Crippen molar-refractivity contribution in [2.24, 2.45) is 0 Å². The minimum Gasteiger partial charge on any atom is -0.187 e. The Morgan fingerprint density at radius 3 is 3.00 bits per heavy atom. The summed E-state index contributed by atoms with van der Waals surface area (Å²) in [6.07, 6.45) is 5.11. The van der Waals surface area contributed by atoms with E-state index < -0.39 is 0 Å². The topological polar surface area (TPSA) is 23.8 Å². The minimum atomic E-state index is -0.297. The predicted octanol–water partition coefficient (Wildman–Crippen LogP) is 3.12. The first-order chi connectivity index (χ1) is 5.88. The molecule has 12 heavy (non-hydrogen) atoms. The number of thioether (sulfide) groups is 1. The van der Waals surface area contributed by atoms with Crippen molar-refractivity contribution in [3.05, 3.63) is 0 Å². The second-order valence-electron chi connectivity index (χ2n) is 3.11. The predicted molar refractivity (Wildman–Crippen MR) is 59.9 cm³/mol. The minimum absolute atomic E-state index is 0.297. The molecular formula is C9H17NS2. The summed E-state index contributed by atoms with van der Waals surface area (Å²) in [5.74, 6) is 2.47. The highest BCUT2D eigenvalue weighted by Gasteiger charge is 2.21. The third-order valence-electron chi connectivity index (χ3n) is 2.13. The second-order valence-corrected chi connectivity index (χ2v) is 6.98. The molecule has 0 aromatic rings. The molecule has 1 nitrogen and oxygen atoms in total. The van der Waals surface area contributed by atoms with Gasteiger partial charge in [-0.2, -0.15) is 16.2 Å². The molecule has 1 aliphatic rings. The molecule has 0 spiro atoms. The molecule has 0 aromatic carbocycles. The SMILES string of the molecule is CCCC[SH](C#N)C1CCCS1. The first-order valence-corrected chi connectivity index (χ1v) is 7.31. The van der Waals surface area contributed by atoms with Crippen molar-refractivity contribution in [2.45, 2.75) is 37.2 Å². The summed E-state index contributed by atoms with van der Waals surface area (Å²) < 4.78 is 0.719. The molecule has 3 heteroatoms. The lowest BCUT2D eigenvalue weighted by Gasteiger charge is -2.18. The Hall–Kier alpha value is 0.190. The molecule has 0 bridgehead atoms. The summed E-state index contributed by atoms with van der Waals surface area (Å²) in [4.78, 5) is 0. The number of thiocyanates is 1. The van der Waals surface area contributed by atoms with Crippen LogP contribution in [0.1, 0.15) is 32.6 Å². The van der Waals surface area contributed by atoms with Crippen molar-refractivity contribution in [1.29, 1.82) is 5.26 Å². The van der Waals surface area contributed by atoms with Crippen molar-refractivity contribution in [3.8, 4) is 5.40 Å². The zero-order valence-corrected chi connectivity index (χ0v) is 9.33. The highest BCUT2D eigenvalue weighted by Crippen LogP contribution is 2.45. The maximum absolute atomic E-state index is 8.98. The molecule has 1 heterocycles. The van der Waals surface area contributed by atoms with E-state index in [1.54, 1.807) is 0 Å². The molecule has 70 valence electrons. The van der Waals surface area contributed by atoms with Gasteiger partial charge in [-0.1, -0.05) is 13.3 Å². The van der Waals surface area contributed by atoms with Crippen molar-refractivity contribution in [3.63, 3.8) is 0 Å². The second kappa shape index (κ2) is 5.77. The molecule has 0 aromatic heterocycles. The van der Waals surface area contributed by atoms with Crippen LogP contribution >= 0.6 is 22.7 Å². The lowest BCUT2D eigenvalue weighted by atomic mass is 10.4. The molecule has 1 saturated heterocycles. The average molecular weight is 203 g/mol. The molecular weight excluding hydrogens is 186 g/mol. The summed E-state index contributed by atoms with van der Waals surface area (Å²) >= 11 is 2.03. The Labute approximate surface area is 82.3 Å². The lowest BCUT2D eigenvalue weighted by Crippen LogP contribution is -2.00. The van der Waals surface area contributed by atoms with Crippen LogP contribution in [0.4, 0.5) is 0 Å². The summed E-state index contributed by atoms with van der Waals surface area (Å²) in [5.41, 5.74) is 0. The fourth-order valence-corrected chi connectivity index (χ4v) is 5.49. The Bertz CT molecular complexity index is 158. The van der Waals surface area contributed by atoms with Gasteiger partial charge in [0.1, 0.15) is 5.40 Å². The fourth-order valence-electron chi connectivity index (χ4n) is 1.39. The molecule has 0 amide bonds. The lowest BCUT2D eigenvalue weighted by molar-refractivity contribution is 0.884. The van der Waals surface area contributed by atoms with E-state index in [0.29, 0.717) is 0 Å². The van der Waals surface area contributed by atoms with Crippen LogP contribution in [-0.2, 0) is 0 Å². The number of unbranched alkanes of at least 4 members (excludes halogenated alkanes) is 1. The number of nitriles is 1. The normalized spacial score (nSPS) is 26.7. The monoisotopic (exact) mass is 203 g/mol.